The van der Waals surface area contributed by atoms with Gasteiger partial charge in [0.1, 0.15) is 0 Å². The number of hydrogen-bond donors (Lipinski definition) is 1. The van der Waals surface area contributed by atoms with Crippen LogP contribution >= 0.6 is 0 Å². The van der Waals surface area contributed by atoms with Gasteiger partial charge >= 0.3 is 0 Å². The Morgan fingerprint density at radius 3 is 3.14 bits per heavy atom. The Hall–Kier alpha value is -2.76. The summed E-state index contributed by atoms with van der Waals surface area (Å²) in [5, 5.41) is 7.55. The third-order valence-corrected chi connectivity index (χ3v) is 4.12. The van der Waals surface area contributed by atoms with Gasteiger partial charge in [-0.15, -0.1) is 0 Å². The largest absolute Gasteiger partial charge is 0.338 e. The zero-order valence-corrected chi connectivity index (χ0v) is 11.9. The molecule has 3 aromatic heterocycles. The molecule has 6 heteroatoms. The molecule has 6 nitrogen and oxygen atoms in total. The average molecular weight is 293 g/mol. The van der Waals surface area contributed by atoms with E-state index in [1.807, 2.05) is 29.2 Å². The van der Waals surface area contributed by atoms with Crippen molar-refractivity contribution in [1.82, 2.24) is 25.1 Å². The van der Waals surface area contributed by atoms with Crippen LogP contribution in [0.2, 0.25) is 0 Å². The molecular weight excluding hydrogens is 278 g/mol. The van der Waals surface area contributed by atoms with E-state index in [2.05, 4.69) is 20.2 Å². The molecule has 110 valence electrons. The lowest BCUT2D eigenvalue weighted by Crippen LogP contribution is -2.28. The first-order valence-corrected chi connectivity index (χ1v) is 7.31. The Morgan fingerprint density at radius 2 is 2.27 bits per heavy atom. The van der Waals surface area contributed by atoms with Crippen molar-refractivity contribution in [3.63, 3.8) is 0 Å². The Labute approximate surface area is 127 Å². The number of amides is 1. The summed E-state index contributed by atoms with van der Waals surface area (Å²) in [6.07, 6.45) is 5.87. The number of nitrogens with zero attached hydrogens (tertiary/aromatic N) is 4. The summed E-state index contributed by atoms with van der Waals surface area (Å²) in [4.78, 5) is 23.1. The number of aromatic nitrogens is 4. The Bertz CT molecular complexity index is 814. The van der Waals surface area contributed by atoms with E-state index in [9.17, 15) is 4.79 Å². The molecule has 4 rings (SSSR count). The first-order valence-electron chi connectivity index (χ1n) is 7.31. The zero-order valence-electron chi connectivity index (χ0n) is 11.9. The molecule has 4 heterocycles. The second-order valence-electron chi connectivity index (χ2n) is 5.51. The van der Waals surface area contributed by atoms with Gasteiger partial charge < -0.3 is 4.90 Å². The maximum atomic E-state index is 12.3. The first-order chi connectivity index (χ1) is 10.8. The number of fused-ring (bicyclic) bond motifs is 1. The predicted molar refractivity (Wildman–Crippen MR) is 81.4 cm³/mol. The number of hydrogen-bond acceptors (Lipinski definition) is 4. The van der Waals surface area contributed by atoms with E-state index in [1.165, 1.54) is 0 Å². The summed E-state index contributed by atoms with van der Waals surface area (Å²) in [6, 6.07) is 8.00. The van der Waals surface area contributed by atoms with Crippen molar-refractivity contribution in [2.24, 2.45) is 0 Å². The van der Waals surface area contributed by atoms with Gasteiger partial charge in [0.05, 0.1) is 11.8 Å². The van der Waals surface area contributed by atoms with Gasteiger partial charge in [-0.1, -0.05) is 0 Å². The molecule has 0 radical (unpaired) electrons. The van der Waals surface area contributed by atoms with Crippen molar-refractivity contribution in [2.45, 2.75) is 12.3 Å². The number of carbonyl (C=O) groups is 1. The summed E-state index contributed by atoms with van der Waals surface area (Å²) in [7, 11) is 0. The molecule has 1 aliphatic rings. The van der Waals surface area contributed by atoms with Crippen molar-refractivity contribution in [2.75, 3.05) is 13.1 Å². The van der Waals surface area contributed by atoms with Gasteiger partial charge in [-0.2, -0.15) is 5.10 Å². The summed E-state index contributed by atoms with van der Waals surface area (Å²) in [5.41, 5.74) is 2.38. The molecule has 1 saturated heterocycles. The second kappa shape index (κ2) is 5.22. The fraction of sp³-hybridized carbons (Fsp3) is 0.250. The van der Waals surface area contributed by atoms with Crippen molar-refractivity contribution in [1.29, 1.82) is 0 Å². The molecule has 1 aliphatic heterocycles. The topological polar surface area (TPSA) is 74.8 Å². The normalized spacial score (nSPS) is 18.0. The third kappa shape index (κ3) is 2.22. The zero-order chi connectivity index (χ0) is 14.9. The Balaban J connectivity index is 1.55. The van der Waals surface area contributed by atoms with Gasteiger partial charge in [0, 0.05) is 42.5 Å². The van der Waals surface area contributed by atoms with Crippen LogP contribution in [-0.4, -0.2) is 44.1 Å². The number of carbonyl (C=O) groups excluding carboxylic acids is 1. The van der Waals surface area contributed by atoms with Crippen LogP contribution in [0.5, 0.6) is 0 Å². The van der Waals surface area contributed by atoms with Crippen LogP contribution in [0, 0.1) is 0 Å². The monoisotopic (exact) mass is 293 g/mol. The van der Waals surface area contributed by atoms with Crippen LogP contribution in [0.3, 0.4) is 0 Å². The lowest BCUT2D eigenvalue weighted by molar-refractivity contribution is 0.0791. The van der Waals surface area contributed by atoms with Crippen molar-refractivity contribution < 1.29 is 4.79 Å². The molecule has 0 spiro atoms. The lowest BCUT2D eigenvalue weighted by Gasteiger charge is -2.15. The number of aromatic amines is 1. The van der Waals surface area contributed by atoms with E-state index in [-0.39, 0.29) is 11.8 Å². The van der Waals surface area contributed by atoms with Gasteiger partial charge in [0.25, 0.3) is 5.91 Å². The van der Waals surface area contributed by atoms with Gasteiger partial charge in [0.15, 0.2) is 5.65 Å². The molecule has 0 aliphatic carbocycles. The van der Waals surface area contributed by atoms with Crippen molar-refractivity contribution in [3.05, 3.63) is 54.1 Å². The van der Waals surface area contributed by atoms with Crippen LogP contribution in [0.25, 0.3) is 11.0 Å². The predicted octanol–water partition coefficient (Wildman–Crippen LogP) is 1.98. The maximum absolute atomic E-state index is 12.3. The standard InChI is InChI=1S/C16H15N5O/c22-16(13-8-18-19-9-13)21-7-5-12(10-21)14-4-3-11-2-1-6-17-15(11)20-14/h1-4,6,8-9,12H,5,7,10H2,(H,18,19). The average Bonchev–Trinajstić information content (AvgIpc) is 3.25. The van der Waals surface area contributed by atoms with Gasteiger partial charge in [-0.3, -0.25) is 9.89 Å². The third-order valence-electron chi connectivity index (χ3n) is 4.12. The highest BCUT2D eigenvalue weighted by molar-refractivity contribution is 5.93. The molecule has 0 bridgehead atoms. The van der Waals surface area contributed by atoms with Crippen molar-refractivity contribution >= 4 is 16.9 Å². The smallest absolute Gasteiger partial charge is 0.257 e. The lowest BCUT2D eigenvalue weighted by atomic mass is 10.0. The van der Waals surface area contributed by atoms with E-state index in [1.54, 1.807) is 18.6 Å². The van der Waals surface area contributed by atoms with Crippen LogP contribution < -0.4 is 0 Å². The molecule has 1 unspecified atom stereocenters. The minimum Gasteiger partial charge on any atom is -0.338 e. The van der Waals surface area contributed by atoms with Crippen LogP contribution in [0.1, 0.15) is 28.4 Å². The fourth-order valence-corrected chi connectivity index (χ4v) is 2.93. The molecule has 0 saturated carbocycles. The fourth-order valence-electron chi connectivity index (χ4n) is 2.93. The molecule has 1 N–H and O–H groups in total. The van der Waals surface area contributed by atoms with Crippen LogP contribution in [0.4, 0.5) is 0 Å². The number of nitrogens with one attached hydrogen (secondary N) is 1. The van der Waals surface area contributed by atoms with E-state index >= 15 is 0 Å². The van der Waals surface area contributed by atoms with Crippen LogP contribution in [0.15, 0.2) is 42.9 Å². The highest BCUT2D eigenvalue weighted by atomic mass is 16.2. The molecule has 1 amide bonds. The Kier molecular flexibility index (Phi) is 3.07. The molecule has 1 atom stereocenters. The SMILES string of the molecule is O=C(c1cn[nH]c1)N1CCC(c2ccc3cccnc3n2)C1. The van der Waals surface area contributed by atoms with Crippen molar-refractivity contribution in [3.8, 4) is 0 Å². The number of likely N-dealkylation sites (tertiary alicyclic amines) is 1. The molecule has 22 heavy (non-hydrogen) atoms. The van der Waals surface area contributed by atoms with E-state index < -0.39 is 0 Å². The van der Waals surface area contributed by atoms with Gasteiger partial charge in [-0.25, -0.2) is 9.97 Å². The van der Waals surface area contributed by atoms with Crippen LogP contribution in [-0.2, 0) is 0 Å². The molecule has 1 fully saturated rings. The second-order valence-corrected chi connectivity index (χ2v) is 5.51. The quantitative estimate of drug-likeness (QED) is 0.784. The highest BCUT2D eigenvalue weighted by Crippen LogP contribution is 2.27. The number of rotatable bonds is 2. The molecule has 3 aromatic rings. The number of pyridine rings is 2. The first kappa shape index (κ1) is 12.9. The van der Waals surface area contributed by atoms with Gasteiger partial charge in [0.2, 0.25) is 0 Å². The molecular formula is C16H15N5O. The number of H-pyrrole nitrogens is 1. The molecule has 0 aromatic carbocycles. The van der Waals surface area contributed by atoms with E-state index in [0.29, 0.717) is 12.1 Å². The summed E-state index contributed by atoms with van der Waals surface area (Å²) < 4.78 is 0. The van der Waals surface area contributed by atoms with Gasteiger partial charge in [-0.05, 0) is 30.7 Å². The highest BCUT2D eigenvalue weighted by Gasteiger charge is 2.29. The maximum Gasteiger partial charge on any atom is 0.257 e. The Morgan fingerprint density at radius 1 is 1.32 bits per heavy atom. The summed E-state index contributed by atoms with van der Waals surface area (Å²) in [6.45, 7) is 1.44. The minimum absolute atomic E-state index is 0.0233. The summed E-state index contributed by atoms with van der Waals surface area (Å²) in [5.74, 6) is 0.289. The van der Waals surface area contributed by atoms with E-state index in [4.69, 9.17) is 0 Å². The minimum atomic E-state index is 0.0233. The van der Waals surface area contributed by atoms with E-state index in [0.717, 1.165) is 29.7 Å². The summed E-state index contributed by atoms with van der Waals surface area (Å²) >= 11 is 0.